The highest BCUT2D eigenvalue weighted by Gasteiger charge is 2.20. The average Bonchev–Trinajstić information content (AvgIpc) is 2.63. The van der Waals surface area contributed by atoms with Gasteiger partial charge in [0.05, 0.1) is 18.8 Å². The molecule has 0 saturated carbocycles. The lowest BCUT2D eigenvalue weighted by Gasteiger charge is -2.33. The van der Waals surface area contributed by atoms with Crippen LogP contribution < -0.4 is 10.1 Å². The lowest BCUT2D eigenvalue weighted by molar-refractivity contribution is 0.289. The molecule has 0 fully saturated rings. The van der Waals surface area contributed by atoms with Crippen LogP contribution in [0.4, 0.5) is 5.69 Å². The number of likely N-dealkylation sites (N-methyl/N-ethyl adjacent to an activating group) is 1. The van der Waals surface area contributed by atoms with E-state index in [9.17, 15) is 0 Å². The number of pyridine rings is 1. The molecule has 2 aromatic rings. The first-order chi connectivity index (χ1) is 12.4. The summed E-state index contributed by atoms with van der Waals surface area (Å²) in [5.74, 6) is 0.656. The molecule has 140 valence electrons. The minimum atomic E-state index is 0.108. The van der Waals surface area contributed by atoms with E-state index < -0.39 is 0 Å². The van der Waals surface area contributed by atoms with Crippen molar-refractivity contribution in [2.75, 3.05) is 39.6 Å². The van der Waals surface area contributed by atoms with Gasteiger partial charge < -0.3 is 19.9 Å². The monoisotopic (exact) mass is 392 g/mol. The number of benzene rings is 1. The lowest BCUT2D eigenvalue weighted by Crippen LogP contribution is -2.41. The minimum absolute atomic E-state index is 0.108. The van der Waals surface area contributed by atoms with Crippen LogP contribution in [-0.4, -0.2) is 54.2 Å². The fourth-order valence-corrected chi connectivity index (χ4v) is 3.08. The van der Waals surface area contributed by atoms with Gasteiger partial charge in [-0.25, -0.2) is 0 Å². The number of hydrogen-bond acceptors (Lipinski definition) is 4. The summed E-state index contributed by atoms with van der Waals surface area (Å²) in [6.45, 7) is 3.81. The van der Waals surface area contributed by atoms with Gasteiger partial charge in [0.2, 0.25) is 0 Å². The number of rotatable bonds is 7. The second-order valence-corrected chi connectivity index (χ2v) is 7.05. The average molecular weight is 393 g/mol. The van der Waals surface area contributed by atoms with Gasteiger partial charge in [-0.05, 0) is 63.1 Å². The molecule has 2 rings (SSSR count). The third kappa shape index (κ3) is 5.56. The SMILES string of the molecule is COc1cc(Cl)ccc1NC(=S)N(CCN(C)C)[C@@H](C)c1ccncc1. The Morgan fingerprint density at radius 1 is 1.23 bits per heavy atom. The molecule has 1 aromatic carbocycles. The van der Waals surface area contributed by atoms with E-state index in [0.717, 1.165) is 24.3 Å². The molecule has 0 aliphatic carbocycles. The van der Waals surface area contributed by atoms with Crippen molar-refractivity contribution in [2.24, 2.45) is 0 Å². The number of anilines is 1. The summed E-state index contributed by atoms with van der Waals surface area (Å²) in [6.07, 6.45) is 3.60. The fourth-order valence-electron chi connectivity index (χ4n) is 2.56. The number of ether oxygens (including phenoxy) is 1. The maximum atomic E-state index is 6.05. The first-order valence-electron chi connectivity index (χ1n) is 8.38. The van der Waals surface area contributed by atoms with E-state index in [2.05, 4.69) is 27.0 Å². The molecule has 1 atom stereocenters. The summed E-state index contributed by atoms with van der Waals surface area (Å²) < 4.78 is 5.41. The summed E-state index contributed by atoms with van der Waals surface area (Å²) in [5.41, 5.74) is 1.95. The molecule has 5 nitrogen and oxygen atoms in total. The van der Waals surface area contributed by atoms with E-state index in [0.29, 0.717) is 15.9 Å². The van der Waals surface area contributed by atoms with Gasteiger partial charge in [-0.15, -0.1) is 0 Å². The number of methoxy groups -OCH3 is 1. The summed E-state index contributed by atoms with van der Waals surface area (Å²) >= 11 is 11.8. The van der Waals surface area contributed by atoms with Gasteiger partial charge in [0.15, 0.2) is 5.11 Å². The van der Waals surface area contributed by atoms with Crippen molar-refractivity contribution < 1.29 is 4.74 Å². The number of halogens is 1. The van der Waals surface area contributed by atoms with Crippen LogP contribution >= 0.6 is 23.8 Å². The number of thiocarbonyl (C=S) groups is 1. The summed E-state index contributed by atoms with van der Waals surface area (Å²) in [5, 5.41) is 4.56. The molecule has 0 unspecified atom stereocenters. The van der Waals surface area contributed by atoms with Crippen LogP contribution in [0.25, 0.3) is 0 Å². The van der Waals surface area contributed by atoms with E-state index in [4.69, 9.17) is 28.6 Å². The zero-order valence-electron chi connectivity index (χ0n) is 15.6. The van der Waals surface area contributed by atoms with Crippen LogP contribution in [0.2, 0.25) is 5.02 Å². The number of nitrogens with one attached hydrogen (secondary N) is 1. The van der Waals surface area contributed by atoms with E-state index in [-0.39, 0.29) is 6.04 Å². The third-order valence-electron chi connectivity index (χ3n) is 4.11. The number of nitrogens with zero attached hydrogens (tertiary/aromatic N) is 3. The Kier molecular flexibility index (Phi) is 7.63. The molecule has 0 bridgehead atoms. The second-order valence-electron chi connectivity index (χ2n) is 6.23. The highest BCUT2D eigenvalue weighted by atomic mass is 35.5. The zero-order chi connectivity index (χ0) is 19.1. The van der Waals surface area contributed by atoms with Crippen molar-refractivity contribution in [3.8, 4) is 5.75 Å². The molecule has 0 saturated heterocycles. The smallest absolute Gasteiger partial charge is 0.174 e. The van der Waals surface area contributed by atoms with Crippen LogP contribution in [0, 0.1) is 0 Å². The highest BCUT2D eigenvalue weighted by Crippen LogP contribution is 2.29. The first-order valence-corrected chi connectivity index (χ1v) is 9.16. The van der Waals surface area contributed by atoms with Crippen molar-refractivity contribution in [1.29, 1.82) is 0 Å². The molecule has 0 radical (unpaired) electrons. The van der Waals surface area contributed by atoms with Crippen molar-refractivity contribution in [3.05, 3.63) is 53.3 Å². The molecule has 1 heterocycles. The van der Waals surface area contributed by atoms with E-state index in [1.807, 2.05) is 38.4 Å². The normalized spacial score (nSPS) is 11.9. The van der Waals surface area contributed by atoms with Gasteiger partial charge in [-0.1, -0.05) is 11.6 Å². The van der Waals surface area contributed by atoms with Gasteiger partial charge >= 0.3 is 0 Å². The van der Waals surface area contributed by atoms with E-state index in [1.165, 1.54) is 0 Å². The van der Waals surface area contributed by atoms with Gasteiger partial charge in [0.1, 0.15) is 5.75 Å². The molecular formula is C19H25ClN4OS. The molecule has 0 aliphatic rings. The van der Waals surface area contributed by atoms with Gasteiger partial charge in [0, 0.05) is 36.6 Å². The lowest BCUT2D eigenvalue weighted by atomic mass is 10.1. The van der Waals surface area contributed by atoms with Gasteiger partial charge in [0.25, 0.3) is 0 Å². The summed E-state index contributed by atoms with van der Waals surface area (Å²) in [4.78, 5) is 8.40. The Labute approximate surface area is 165 Å². The predicted molar refractivity (Wildman–Crippen MR) is 112 cm³/mol. The highest BCUT2D eigenvalue weighted by molar-refractivity contribution is 7.80. The minimum Gasteiger partial charge on any atom is -0.495 e. The van der Waals surface area contributed by atoms with Crippen molar-refractivity contribution in [3.63, 3.8) is 0 Å². The Bertz CT molecular complexity index is 727. The molecule has 1 N–H and O–H groups in total. The van der Waals surface area contributed by atoms with Crippen LogP contribution in [-0.2, 0) is 0 Å². The second kappa shape index (κ2) is 9.71. The third-order valence-corrected chi connectivity index (χ3v) is 4.68. The Morgan fingerprint density at radius 3 is 2.54 bits per heavy atom. The maximum absolute atomic E-state index is 6.05. The molecule has 1 aromatic heterocycles. The van der Waals surface area contributed by atoms with Gasteiger partial charge in [-0.2, -0.15) is 0 Å². The Hall–Kier alpha value is -1.89. The van der Waals surface area contributed by atoms with Crippen LogP contribution in [0.1, 0.15) is 18.5 Å². The molecule has 0 aliphatic heterocycles. The van der Waals surface area contributed by atoms with Crippen LogP contribution in [0.5, 0.6) is 5.75 Å². The van der Waals surface area contributed by atoms with Crippen LogP contribution in [0.3, 0.4) is 0 Å². The van der Waals surface area contributed by atoms with Crippen molar-refractivity contribution in [2.45, 2.75) is 13.0 Å². The molecule has 0 spiro atoms. The first kappa shape index (κ1) is 20.4. The predicted octanol–water partition coefficient (Wildman–Crippen LogP) is 4.07. The molecule has 7 heteroatoms. The van der Waals surface area contributed by atoms with Gasteiger partial charge in [-0.3, -0.25) is 4.98 Å². The molecule has 26 heavy (non-hydrogen) atoms. The zero-order valence-corrected chi connectivity index (χ0v) is 17.1. The molecular weight excluding hydrogens is 368 g/mol. The maximum Gasteiger partial charge on any atom is 0.174 e. The molecule has 0 amide bonds. The van der Waals surface area contributed by atoms with E-state index >= 15 is 0 Å². The van der Waals surface area contributed by atoms with Crippen LogP contribution in [0.15, 0.2) is 42.7 Å². The Morgan fingerprint density at radius 2 is 1.92 bits per heavy atom. The summed E-state index contributed by atoms with van der Waals surface area (Å²) in [7, 11) is 5.71. The standard InChI is InChI=1S/C19H25ClN4OS/c1-14(15-7-9-21-10-8-15)24(12-11-23(2)3)19(26)22-17-6-5-16(20)13-18(17)25-4/h5-10,13-14H,11-12H2,1-4H3,(H,22,26)/t14-/m0/s1. The van der Waals surface area contributed by atoms with E-state index in [1.54, 1.807) is 25.6 Å². The number of hydrogen-bond donors (Lipinski definition) is 1. The largest absolute Gasteiger partial charge is 0.495 e. The fraction of sp³-hybridized carbons (Fsp3) is 0.368. The quantitative estimate of drug-likeness (QED) is 0.716. The van der Waals surface area contributed by atoms with Crippen molar-refractivity contribution >= 4 is 34.6 Å². The van der Waals surface area contributed by atoms with Crippen molar-refractivity contribution in [1.82, 2.24) is 14.8 Å². The number of aromatic nitrogens is 1. The topological polar surface area (TPSA) is 40.6 Å². The summed E-state index contributed by atoms with van der Waals surface area (Å²) in [6, 6.07) is 9.58. The Balaban J connectivity index is 2.22.